The average molecular weight is 455 g/mol. The van der Waals surface area contributed by atoms with Gasteiger partial charge < -0.3 is 4.74 Å². The molecule has 0 atom stereocenters. The lowest BCUT2D eigenvalue weighted by atomic mass is 10.2. The molecule has 0 saturated heterocycles. The van der Waals surface area contributed by atoms with Gasteiger partial charge >= 0.3 is 0 Å². The summed E-state index contributed by atoms with van der Waals surface area (Å²) in [4.78, 5) is 4.25. The molecule has 0 aliphatic heterocycles. The van der Waals surface area contributed by atoms with E-state index in [1.807, 2.05) is 90.7 Å². The molecule has 0 aliphatic carbocycles. The molecular weight excluding hydrogens is 432 g/mol. The second-order valence-corrected chi connectivity index (χ2v) is 8.17. The first-order valence-corrected chi connectivity index (χ1v) is 11.6. The van der Waals surface area contributed by atoms with E-state index in [1.54, 1.807) is 24.2 Å². The Kier molecular flexibility index (Phi) is 6.16. The van der Waals surface area contributed by atoms with Gasteiger partial charge in [0, 0.05) is 41.2 Å². The number of aromatic nitrogens is 6. The first-order valence-electron chi connectivity index (χ1n) is 10.6. The van der Waals surface area contributed by atoms with Crippen LogP contribution in [0.15, 0.2) is 96.7 Å². The van der Waals surface area contributed by atoms with E-state index in [4.69, 9.17) is 4.74 Å². The minimum Gasteiger partial charge on any atom is -0.494 e. The molecule has 0 saturated carbocycles. The van der Waals surface area contributed by atoms with Crippen molar-refractivity contribution in [1.29, 1.82) is 0 Å². The Labute approximate surface area is 196 Å². The molecule has 164 valence electrons. The number of ether oxygens (including phenoxy) is 1. The molecule has 2 aromatic carbocycles. The van der Waals surface area contributed by atoms with Gasteiger partial charge in [0.2, 0.25) is 0 Å². The Bertz CT molecular complexity index is 1320. The number of nitrogens with zero attached hydrogens (tertiary/aromatic N) is 6. The van der Waals surface area contributed by atoms with E-state index in [1.165, 1.54) is 0 Å². The number of pyridine rings is 1. The van der Waals surface area contributed by atoms with Gasteiger partial charge in [-0.05, 0) is 55.5 Å². The Morgan fingerprint density at radius 3 is 2.48 bits per heavy atom. The van der Waals surface area contributed by atoms with Crippen molar-refractivity contribution in [3.05, 3.63) is 97.1 Å². The SMILES string of the molecule is CCOc1ccc(-n2c(SCc3cnn(-c4ccccc4)c3)nnc2-c2cccnc2)cc1. The van der Waals surface area contributed by atoms with Crippen LogP contribution in [0.3, 0.4) is 0 Å². The van der Waals surface area contributed by atoms with Crippen LogP contribution in [0.25, 0.3) is 22.8 Å². The molecule has 7 nitrogen and oxygen atoms in total. The highest BCUT2D eigenvalue weighted by Crippen LogP contribution is 2.30. The summed E-state index contributed by atoms with van der Waals surface area (Å²) >= 11 is 1.62. The molecule has 5 aromatic rings. The van der Waals surface area contributed by atoms with Crippen molar-refractivity contribution in [2.75, 3.05) is 6.61 Å². The number of thioether (sulfide) groups is 1. The molecule has 0 aliphatic rings. The first kappa shape index (κ1) is 21.0. The second kappa shape index (κ2) is 9.70. The van der Waals surface area contributed by atoms with E-state index in [0.717, 1.165) is 45.0 Å². The third-order valence-corrected chi connectivity index (χ3v) is 5.98. The van der Waals surface area contributed by atoms with E-state index >= 15 is 0 Å². The Morgan fingerprint density at radius 1 is 0.879 bits per heavy atom. The molecule has 3 heterocycles. The lowest BCUT2D eigenvalue weighted by Crippen LogP contribution is -2.00. The zero-order valence-electron chi connectivity index (χ0n) is 18.1. The van der Waals surface area contributed by atoms with Gasteiger partial charge in [0.05, 0.1) is 18.5 Å². The predicted molar refractivity (Wildman–Crippen MR) is 129 cm³/mol. The van der Waals surface area contributed by atoms with Gasteiger partial charge in [0.1, 0.15) is 5.75 Å². The van der Waals surface area contributed by atoms with Crippen LogP contribution in [-0.4, -0.2) is 36.1 Å². The zero-order chi connectivity index (χ0) is 22.5. The summed E-state index contributed by atoms with van der Waals surface area (Å²) in [6, 6.07) is 21.9. The molecule has 5 rings (SSSR count). The Balaban J connectivity index is 1.44. The third kappa shape index (κ3) is 4.65. The number of benzene rings is 2. The summed E-state index contributed by atoms with van der Waals surface area (Å²) in [5.74, 6) is 2.30. The fraction of sp³-hybridized carbons (Fsp3) is 0.120. The van der Waals surface area contributed by atoms with Gasteiger partial charge in [0.25, 0.3) is 0 Å². The summed E-state index contributed by atoms with van der Waals surface area (Å²) in [6.07, 6.45) is 7.48. The van der Waals surface area contributed by atoms with Crippen molar-refractivity contribution in [3.63, 3.8) is 0 Å². The van der Waals surface area contributed by atoms with Crippen molar-refractivity contribution in [1.82, 2.24) is 29.5 Å². The highest BCUT2D eigenvalue weighted by atomic mass is 32.2. The van der Waals surface area contributed by atoms with Crippen LogP contribution in [0.4, 0.5) is 0 Å². The topological polar surface area (TPSA) is 70.7 Å². The molecule has 3 aromatic heterocycles. The molecule has 0 N–H and O–H groups in total. The van der Waals surface area contributed by atoms with Crippen LogP contribution in [0.5, 0.6) is 5.75 Å². The van der Waals surface area contributed by atoms with Crippen LogP contribution >= 0.6 is 11.8 Å². The van der Waals surface area contributed by atoms with Crippen LogP contribution in [0, 0.1) is 0 Å². The van der Waals surface area contributed by atoms with Gasteiger partial charge in [0.15, 0.2) is 11.0 Å². The quantitative estimate of drug-likeness (QED) is 0.300. The van der Waals surface area contributed by atoms with E-state index in [2.05, 4.69) is 24.8 Å². The number of hydrogen-bond donors (Lipinski definition) is 0. The maximum atomic E-state index is 5.60. The fourth-order valence-corrected chi connectivity index (χ4v) is 4.31. The molecule has 0 fully saturated rings. The van der Waals surface area contributed by atoms with E-state index in [9.17, 15) is 0 Å². The molecule has 0 spiro atoms. The van der Waals surface area contributed by atoms with Crippen LogP contribution in [0.2, 0.25) is 0 Å². The number of para-hydroxylation sites is 1. The minimum absolute atomic E-state index is 0.630. The van der Waals surface area contributed by atoms with Gasteiger partial charge in [-0.15, -0.1) is 10.2 Å². The van der Waals surface area contributed by atoms with Crippen LogP contribution in [-0.2, 0) is 5.75 Å². The van der Waals surface area contributed by atoms with E-state index < -0.39 is 0 Å². The number of rotatable bonds is 8. The van der Waals surface area contributed by atoms with E-state index in [0.29, 0.717) is 6.61 Å². The van der Waals surface area contributed by atoms with Crippen molar-refractivity contribution in [2.45, 2.75) is 17.8 Å². The summed E-state index contributed by atoms with van der Waals surface area (Å²) in [5.41, 5.74) is 4.01. The van der Waals surface area contributed by atoms with Crippen molar-refractivity contribution in [3.8, 4) is 28.5 Å². The summed E-state index contributed by atoms with van der Waals surface area (Å²) < 4.78 is 9.54. The molecule has 0 amide bonds. The lowest BCUT2D eigenvalue weighted by Gasteiger charge is -2.11. The molecular formula is C25H22N6OS. The molecule has 0 unspecified atom stereocenters. The zero-order valence-corrected chi connectivity index (χ0v) is 18.9. The van der Waals surface area contributed by atoms with Crippen molar-refractivity contribution < 1.29 is 4.74 Å². The van der Waals surface area contributed by atoms with E-state index in [-0.39, 0.29) is 0 Å². The molecule has 0 bridgehead atoms. The smallest absolute Gasteiger partial charge is 0.196 e. The Morgan fingerprint density at radius 2 is 1.73 bits per heavy atom. The molecule has 8 heteroatoms. The van der Waals surface area contributed by atoms with Crippen molar-refractivity contribution >= 4 is 11.8 Å². The van der Waals surface area contributed by atoms with Gasteiger partial charge in [-0.2, -0.15) is 5.10 Å². The normalized spacial score (nSPS) is 10.9. The molecule has 0 radical (unpaired) electrons. The highest BCUT2D eigenvalue weighted by Gasteiger charge is 2.17. The highest BCUT2D eigenvalue weighted by molar-refractivity contribution is 7.98. The molecule has 33 heavy (non-hydrogen) atoms. The van der Waals surface area contributed by atoms with Gasteiger partial charge in [-0.1, -0.05) is 30.0 Å². The number of hydrogen-bond acceptors (Lipinski definition) is 6. The Hall–Kier alpha value is -3.91. The monoisotopic (exact) mass is 454 g/mol. The summed E-state index contributed by atoms with van der Waals surface area (Å²) in [5, 5.41) is 14.3. The van der Waals surface area contributed by atoms with Crippen molar-refractivity contribution in [2.24, 2.45) is 0 Å². The predicted octanol–water partition coefficient (Wildman–Crippen LogP) is 5.21. The maximum Gasteiger partial charge on any atom is 0.196 e. The third-order valence-electron chi connectivity index (χ3n) is 4.98. The van der Waals surface area contributed by atoms with Crippen LogP contribution in [0.1, 0.15) is 12.5 Å². The maximum absolute atomic E-state index is 5.60. The fourth-order valence-electron chi connectivity index (χ4n) is 3.44. The largest absolute Gasteiger partial charge is 0.494 e. The average Bonchev–Trinajstić information content (AvgIpc) is 3.52. The first-order chi connectivity index (χ1) is 16.3. The minimum atomic E-state index is 0.630. The lowest BCUT2D eigenvalue weighted by molar-refractivity contribution is 0.340. The summed E-state index contributed by atoms with van der Waals surface area (Å²) in [6.45, 7) is 2.60. The van der Waals surface area contributed by atoms with Crippen LogP contribution < -0.4 is 4.74 Å². The standard InChI is InChI=1S/C25H22N6OS/c1-2-32-23-12-10-22(11-13-23)31-24(20-7-6-14-26-16-20)28-29-25(31)33-18-19-15-27-30(17-19)21-8-4-3-5-9-21/h3-17H,2,18H2,1H3. The van der Waals surface area contributed by atoms with Gasteiger partial charge in [-0.3, -0.25) is 9.55 Å². The summed E-state index contributed by atoms with van der Waals surface area (Å²) in [7, 11) is 0. The van der Waals surface area contributed by atoms with Gasteiger partial charge in [-0.25, -0.2) is 4.68 Å². The second-order valence-electron chi connectivity index (χ2n) is 7.23.